The van der Waals surface area contributed by atoms with Gasteiger partial charge < -0.3 is 14.7 Å². The molecule has 3 aromatic rings. The van der Waals surface area contributed by atoms with Crippen LogP contribution in [0.2, 0.25) is 0 Å². The zero-order valence-corrected chi connectivity index (χ0v) is 18.2. The average Bonchev–Trinajstić information content (AvgIpc) is 3.53. The number of thiophene rings is 1. The first-order valence-electron chi connectivity index (χ1n) is 10.3. The van der Waals surface area contributed by atoms with Crippen LogP contribution in [-0.2, 0) is 16.0 Å². The SMILES string of the molecule is O=C(C1CCCN1C(=O)Cc1cccs1)N1CCN(c2nc3cccnc3s2)CC1. The average molecular weight is 442 g/mol. The largest absolute Gasteiger partial charge is 0.344 e. The molecule has 2 aliphatic rings. The number of thiazole rings is 1. The van der Waals surface area contributed by atoms with Crippen molar-refractivity contribution < 1.29 is 9.59 Å². The maximum atomic E-state index is 13.2. The predicted molar refractivity (Wildman–Crippen MR) is 119 cm³/mol. The van der Waals surface area contributed by atoms with E-state index in [0.717, 1.165) is 46.3 Å². The van der Waals surface area contributed by atoms with Gasteiger partial charge in [-0.2, -0.15) is 0 Å². The van der Waals surface area contributed by atoms with Gasteiger partial charge in [0.15, 0.2) is 5.13 Å². The van der Waals surface area contributed by atoms with Gasteiger partial charge >= 0.3 is 0 Å². The van der Waals surface area contributed by atoms with E-state index in [2.05, 4.69) is 14.9 Å². The number of carbonyl (C=O) groups is 2. The Balaban J connectivity index is 1.21. The molecule has 0 aliphatic carbocycles. The Morgan fingerprint density at radius 3 is 2.73 bits per heavy atom. The summed E-state index contributed by atoms with van der Waals surface area (Å²) in [4.78, 5) is 43.0. The third kappa shape index (κ3) is 3.79. The molecule has 0 saturated carbocycles. The lowest BCUT2D eigenvalue weighted by Gasteiger charge is -2.37. The fourth-order valence-corrected chi connectivity index (χ4v) is 5.86. The van der Waals surface area contributed by atoms with Crippen LogP contribution < -0.4 is 4.90 Å². The predicted octanol–water partition coefficient (Wildman–Crippen LogP) is 2.64. The number of hydrogen-bond donors (Lipinski definition) is 0. The van der Waals surface area contributed by atoms with E-state index in [1.807, 2.05) is 34.5 Å². The van der Waals surface area contributed by atoms with Gasteiger partial charge in [0.2, 0.25) is 11.8 Å². The van der Waals surface area contributed by atoms with E-state index in [0.29, 0.717) is 26.1 Å². The Hall–Kier alpha value is -2.52. The van der Waals surface area contributed by atoms with Gasteiger partial charge in [0.25, 0.3) is 0 Å². The summed E-state index contributed by atoms with van der Waals surface area (Å²) < 4.78 is 0. The maximum Gasteiger partial charge on any atom is 0.245 e. The van der Waals surface area contributed by atoms with Crippen LogP contribution >= 0.6 is 22.7 Å². The number of nitrogens with zero attached hydrogens (tertiary/aromatic N) is 5. The van der Waals surface area contributed by atoms with Crippen molar-refractivity contribution in [2.24, 2.45) is 0 Å². The summed E-state index contributed by atoms with van der Waals surface area (Å²) in [5.41, 5.74) is 0.918. The molecule has 156 valence electrons. The molecule has 1 unspecified atom stereocenters. The Bertz CT molecular complexity index is 1010. The minimum atomic E-state index is -0.310. The maximum absolute atomic E-state index is 13.2. The monoisotopic (exact) mass is 441 g/mol. The molecule has 30 heavy (non-hydrogen) atoms. The Morgan fingerprint density at radius 2 is 1.97 bits per heavy atom. The molecule has 2 saturated heterocycles. The van der Waals surface area contributed by atoms with Gasteiger partial charge in [0, 0.05) is 43.8 Å². The zero-order chi connectivity index (χ0) is 20.5. The molecule has 2 aliphatic heterocycles. The number of likely N-dealkylation sites (tertiary alicyclic amines) is 1. The smallest absolute Gasteiger partial charge is 0.245 e. The summed E-state index contributed by atoms with van der Waals surface area (Å²) in [5.74, 6) is 0.159. The van der Waals surface area contributed by atoms with Crippen molar-refractivity contribution in [3.8, 4) is 0 Å². The first-order valence-corrected chi connectivity index (χ1v) is 12.0. The van der Waals surface area contributed by atoms with Gasteiger partial charge in [-0.15, -0.1) is 11.3 Å². The first kappa shape index (κ1) is 19.4. The van der Waals surface area contributed by atoms with Crippen molar-refractivity contribution in [1.82, 2.24) is 19.8 Å². The van der Waals surface area contributed by atoms with E-state index in [4.69, 9.17) is 0 Å². The number of carbonyl (C=O) groups excluding carboxylic acids is 2. The molecule has 7 nitrogen and oxygen atoms in total. The van der Waals surface area contributed by atoms with E-state index in [9.17, 15) is 9.59 Å². The molecule has 9 heteroatoms. The summed E-state index contributed by atoms with van der Waals surface area (Å²) in [6.45, 7) is 3.50. The third-order valence-electron chi connectivity index (χ3n) is 5.78. The Morgan fingerprint density at radius 1 is 1.10 bits per heavy atom. The van der Waals surface area contributed by atoms with Gasteiger partial charge in [-0.05, 0) is 36.4 Å². The summed E-state index contributed by atoms with van der Waals surface area (Å²) >= 11 is 3.18. The van der Waals surface area contributed by atoms with Crippen molar-refractivity contribution in [2.45, 2.75) is 25.3 Å². The second-order valence-corrected chi connectivity index (χ2v) is 9.63. The topological polar surface area (TPSA) is 69.6 Å². The van der Waals surface area contributed by atoms with Gasteiger partial charge in [0.1, 0.15) is 16.4 Å². The number of pyridine rings is 1. The van der Waals surface area contributed by atoms with Crippen molar-refractivity contribution in [2.75, 3.05) is 37.6 Å². The number of hydrogen-bond acceptors (Lipinski definition) is 7. The van der Waals surface area contributed by atoms with Gasteiger partial charge in [-0.25, -0.2) is 9.97 Å². The number of fused-ring (bicyclic) bond motifs is 1. The molecule has 0 radical (unpaired) electrons. The van der Waals surface area contributed by atoms with Gasteiger partial charge in [-0.3, -0.25) is 9.59 Å². The van der Waals surface area contributed by atoms with Crippen LogP contribution in [0.15, 0.2) is 35.8 Å². The van der Waals surface area contributed by atoms with Gasteiger partial charge in [0.05, 0.1) is 6.42 Å². The fourth-order valence-electron chi connectivity index (χ4n) is 4.21. The molecule has 2 fully saturated rings. The number of amides is 2. The lowest BCUT2D eigenvalue weighted by molar-refractivity contribution is -0.143. The van der Waals surface area contributed by atoms with E-state index in [1.54, 1.807) is 33.8 Å². The van der Waals surface area contributed by atoms with Crippen molar-refractivity contribution in [3.05, 3.63) is 40.7 Å². The molecule has 0 bridgehead atoms. The molecule has 2 amide bonds. The molecule has 5 rings (SSSR count). The molecule has 1 atom stereocenters. The second kappa shape index (κ2) is 8.31. The number of piperazine rings is 1. The van der Waals surface area contributed by atoms with Crippen LogP contribution in [0, 0.1) is 0 Å². The normalized spacial score (nSPS) is 19.6. The van der Waals surface area contributed by atoms with Crippen molar-refractivity contribution in [3.63, 3.8) is 0 Å². The Kier molecular flexibility index (Phi) is 5.39. The van der Waals surface area contributed by atoms with Crippen molar-refractivity contribution in [1.29, 1.82) is 0 Å². The lowest BCUT2D eigenvalue weighted by atomic mass is 10.1. The lowest BCUT2D eigenvalue weighted by Crippen LogP contribution is -2.54. The quantitative estimate of drug-likeness (QED) is 0.623. The van der Waals surface area contributed by atoms with Crippen LogP contribution in [0.4, 0.5) is 5.13 Å². The van der Waals surface area contributed by atoms with Crippen LogP contribution in [0.25, 0.3) is 10.3 Å². The Labute approximate surface area is 182 Å². The third-order valence-corrected chi connectivity index (χ3v) is 7.70. The van der Waals surface area contributed by atoms with Crippen molar-refractivity contribution >= 4 is 50.0 Å². The number of rotatable bonds is 4. The van der Waals surface area contributed by atoms with E-state index >= 15 is 0 Å². The summed E-state index contributed by atoms with van der Waals surface area (Å²) in [6.07, 6.45) is 3.83. The molecule has 5 heterocycles. The second-order valence-electron chi connectivity index (χ2n) is 7.64. The molecule has 0 N–H and O–H groups in total. The van der Waals surface area contributed by atoms with Crippen LogP contribution in [0.3, 0.4) is 0 Å². The molecule has 3 aromatic heterocycles. The van der Waals surface area contributed by atoms with Gasteiger partial charge in [-0.1, -0.05) is 17.4 Å². The van der Waals surface area contributed by atoms with Crippen LogP contribution in [-0.4, -0.2) is 70.3 Å². The van der Waals surface area contributed by atoms with Crippen LogP contribution in [0.5, 0.6) is 0 Å². The zero-order valence-electron chi connectivity index (χ0n) is 16.6. The molecular formula is C21H23N5O2S2. The molecular weight excluding hydrogens is 418 g/mol. The summed E-state index contributed by atoms with van der Waals surface area (Å²) in [6, 6.07) is 7.50. The highest BCUT2D eigenvalue weighted by atomic mass is 32.1. The van der Waals surface area contributed by atoms with E-state index in [-0.39, 0.29) is 17.9 Å². The standard InChI is InChI=1S/C21H23N5O2S2/c27-18(14-15-4-3-13-29-15)26-8-2-6-17(26)20(28)24-9-11-25(12-10-24)21-23-16-5-1-7-22-19(16)30-21/h1,3-5,7,13,17H,2,6,8-12,14H2. The highest BCUT2D eigenvalue weighted by Crippen LogP contribution is 2.28. The highest BCUT2D eigenvalue weighted by Gasteiger charge is 2.37. The number of anilines is 1. The summed E-state index contributed by atoms with van der Waals surface area (Å²) in [7, 11) is 0. The fraction of sp³-hybridized carbons (Fsp3) is 0.429. The highest BCUT2D eigenvalue weighted by molar-refractivity contribution is 7.21. The van der Waals surface area contributed by atoms with E-state index in [1.165, 1.54) is 0 Å². The first-order chi connectivity index (χ1) is 14.7. The molecule has 0 spiro atoms. The minimum Gasteiger partial charge on any atom is -0.344 e. The van der Waals surface area contributed by atoms with E-state index < -0.39 is 0 Å². The molecule has 0 aromatic carbocycles. The van der Waals surface area contributed by atoms with Crippen LogP contribution in [0.1, 0.15) is 17.7 Å². The number of aromatic nitrogens is 2. The summed E-state index contributed by atoms with van der Waals surface area (Å²) in [5, 5.41) is 2.94. The minimum absolute atomic E-state index is 0.0638.